The molecular weight excluding hydrogens is 623 g/mol. The van der Waals surface area contributed by atoms with Crippen molar-refractivity contribution in [2.75, 3.05) is 42.6 Å². The second-order valence-corrected chi connectivity index (χ2v) is 12.5. The number of ether oxygens (including phenoxy) is 3. The molecule has 2 aromatic heterocycles. The van der Waals surface area contributed by atoms with Gasteiger partial charge in [0.2, 0.25) is 5.95 Å². The lowest BCUT2D eigenvalue weighted by atomic mass is 9.92. The Balaban J connectivity index is 1.20. The molecule has 2 aliphatic rings. The molecule has 0 bridgehead atoms. The van der Waals surface area contributed by atoms with Crippen LogP contribution in [0.15, 0.2) is 29.0 Å². The van der Waals surface area contributed by atoms with Gasteiger partial charge in [-0.15, -0.1) is 0 Å². The number of nitrogens with zero attached hydrogens (tertiary/aromatic N) is 6. The second kappa shape index (κ2) is 14.0. The Morgan fingerprint density at radius 1 is 1.04 bits per heavy atom. The molecular formula is C31H38F3N7O6. The number of anilines is 2. The summed E-state index contributed by atoms with van der Waals surface area (Å²) in [7, 11) is 0. The van der Waals surface area contributed by atoms with Crippen molar-refractivity contribution in [3.8, 4) is 5.75 Å². The third-order valence-corrected chi connectivity index (χ3v) is 8.03. The normalized spacial score (nSPS) is 19.4. The van der Waals surface area contributed by atoms with Gasteiger partial charge in [0, 0.05) is 38.2 Å². The van der Waals surface area contributed by atoms with Crippen LogP contribution in [0.2, 0.25) is 0 Å². The number of rotatable bonds is 9. The quantitative estimate of drug-likeness (QED) is 0.252. The zero-order chi connectivity index (χ0) is 33.9. The van der Waals surface area contributed by atoms with Crippen LogP contribution in [0.4, 0.5) is 29.9 Å². The molecule has 254 valence electrons. The molecule has 3 aromatic rings. The summed E-state index contributed by atoms with van der Waals surface area (Å²) in [5.74, 6) is -3.94. The predicted molar refractivity (Wildman–Crippen MR) is 162 cm³/mol. The minimum absolute atomic E-state index is 0.0779. The maximum absolute atomic E-state index is 14.8. The second-order valence-electron chi connectivity index (χ2n) is 12.5. The lowest BCUT2D eigenvalue weighted by molar-refractivity contribution is 0.0495. The Kier molecular flexibility index (Phi) is 10.1. The monoisotopic (exact) mass is 661 g/mol. The van der Waals surface area contributed by atoms with Crippen LogP contribution in [-0.4, -0.2) is 82.7 Å². The number of piperidine rings is 1. The van der Waals surface area contributed by atoms with Gasteiger partial charge in [-0.3, -0.25) is 0 Å². The van der Waals surface area contributed by atoms with Crippen LogP contribution in [0.5, 0.6) is 5.75 Å². The van der Waals surface area contributed by atoms with E-state index in [2.05, 4.69) is 25.4 Å². The van der Waals surface area contributed by atoms with Gasteiger partial charge in [0.1, 0.15) is 11.4 Å². The Hall–Kier alpha value is -4.63. The lowest BCUT2D eigenvalue weighted by Crippen LogP contribution is -2.43. The largest absolute Gasteiger partial charge is 0.487 e. The first kappa shape index (κ1) is 33.7. The molecule has 47 heavy (non-hydrogen) atoms. The van der Waals surface area contributed by atoms with Crippen LogP contribution in [0.1, 0.15) is 69.6 Å². The van der Waals surface area contributed by atoms with Crippen LogP contribution < -0.4 is 19.9 Å². The van der Waals surface area contributed by atoms with E-state index in [1.807, 2.05) is 11.8 Å². The average Bonchev–Trinajstić information content (AvgIpc) is 3.67. The number of nitrogens with one attached hydrogen (secondary N) is 1. The van der Waals surface area contributed by atoms with Gasteiger partial charge in [-0.2, -0.15) is 4.98 Å². The Morgan fingerprint density at radius 3 is 2.38 bits per heavy atom. The smallest absolute Gasteiger partial charge is 0.407 e. The van der Waals surface area contributed by atoms with Gasteiger partial charge in [-0.05, 0) is 70.2 Å². The van der Waals surface area contributed by atoms with Crippen LogP contribution in [0.25, 0.3) is 0 Å². The molecule has 2 saturated heterocycles. The SMILES string of the molecule is CCOC(=O)c1noc(N2CCC(C(C)Oc3cnc(N4CC(NC(=O)OC(C)(C)C)C(c5cc(F)c(F)cc5F)C4)nc3)CC2)n1. The maximum Gasteiger partial charge on any atom is 0.407 e. The van der Waals surface area contributed by atoms with Crippen LogP contribution in [0, 0.1) is 23.4 Å². The van der Waals surface area contributed by atoms with Crippen molar-refractivity contribution in [2.24, 2.45) is 5.92 Å². The third-order valence-electron chi connectivity index (χ3n) is 8.03. The number of esters is 1. The number of alkyl carbamates (subject to hydrolysis) is 1. The fourth-order valence-electron chi connectivity index (χ4n) is 5.74. The Morgan fingerprint density at radius 2 is 1.72 bits per heavy atom. The molecule has 0 saturated carbocycles. The summed E-state index contributed by atoms with van der Waals surface area (Å²) in [6.45, 7) is 10.6. The number of hydrogen-bond donors (Lipinski definition) is 1. The first-order chi connectivity index (χ1) is 22.3. The van der Waals surface area contributed by atoms with E-state index in [0.717, 1.165) is 18.9 Å². The van der Waals surface area contributed by atoms with Gasteiger partial charge in [0.05, 0.1) is 31.1 Å². The van der Waals surface area contributed by atoms with Crippen LogP contribution >= 0.6 is 0 Å². The van der Waals surface area contributed by atoms with Gasteiger partial charge in [0.15, 0.2) is 17.4 Å². The molecule has 5 rings (SSSR count). The van der Waals surface area contributed by atoms with E-state index < -0.39 is 47.1 Å². The first-order valence-corrected chi connectivity index (χ1v) is 15.4. The molecule has 3 atom stereocenters. The fourth-order valence-corrected chi connectivity index (χ4v) is 5.74. The topological polar surface area (TPSA) is 145 Å². The molecule has 0 aliphatic carbocycles. The van der Waals surface area contributed by atoms with Crippen molar-refractivity contribution in [1.29, 1.82) is 0 Å². The van der Waals surface area contributed by atoms with Crippen molar-refractivity contribution in [3.05, 3.63) is 53.4 Å². The molecule has 1 amide bonds. The summed E-state index contributed by atoms with van der Waals surface area (Å²) in [5.41, 5.74) is -0.854. The summed E-state index contributed by atoms with van der Waals surface area (Å²) in [6.07, 6.45) is 3.73. The van der Waals surface area contributed by atoms with E-state index in [1.54, 1.807) is 32.6 Å². The van der Waals surface area contributed by atoms with E-state index in [4.69, 9.17) is 18.7 Å². The van der Waals surface area contributed by atoms with E-state index in [1.165, 1.54) is 12.4 Å². The van der Waals surface area contributed by atoms with Crippen molar-refractivity contribution >= 4 is 24.0 Å². The number of halogens is 3. The van der Waals surface area contributed by atoms with Gasteiger partial charge in [0.25, 0.3) is 5.82 Å². The summed E-state index contributed by atoms with van der Waals surface area (Å²) >= 11 is 0. The zero-order valence-corrected chi connectivity index (χ0v) is 26.8. The highest BCUT2D eigenvalue weighted by atomic mass is 19.2. The third kappa shape index (κ3) is 8.21. The minimum atomic E-state index is -1.30. The molecule has 16 heteroatoms. The van der Waals surface area contributed by atoms with Crippen molar-refractivity contribution < 1.29 is 41.5 Å². The van der Waals surface area contributed by atoms with Gasteiger partial charge in [-0.25, -0.2) is 32.7 Å². The zero-order valence-electron chi connectivity index (χ0n) is 26.8. The van der Waals surface area contributed by atoms with Gasteiger partial charge < -0.3 is 33.9 Å². The number of hydrogen-bond acceptors (Lipinski definition) is 12. The van der Waals surface area contributed by atoms with Crippen LogP contribution in [0.3, 0.4) is 0 Å². The Labute approximate surface area is 269 Å². The molecule has 1 N–H and O–H groups in total. The van der Waals surface area contributed by atoms with Crippen molar-refractivity contribution in [1.82, 2.24) is 25.4 Å². The highest BCUT2D eigenvalue weighted by Crippen LogP contribution is 2.33. The van der Waals surface area contributed by atoms with E-state index in [0.29, 0.717) is 30.9 Å². The summed E-state index contributed by atoms with van der Waals surface area (Å²) < 4.78 is 64.3. The highest BCUT2D eigenvalue weighted by Gasteiger charge is 2.39. The summed E-state index contributed by atoms with van der Waals surface area (Å²) in [6, 6.07) is 0.871. The van der Waals surface area contributed by atoms with Gasteiger partial charge >= 0.3 is 18.1 Å². The molecule has 0 radical (unpaired) electrons. The number of carbonyl (C=O) groups excluding carboxylic acids is 2. The fraction of sp³-hybridized carbons (Fsp3) is 0.548. The minimum Gasteiger partial charge on any atom is -0.487 e. The maximum atomic E-state index is 14.8. The summed E-state index contributed by atoms with van der Waals surface area (Å²) in [5, 5.41) is 6.44. The molecule has 0 spiro atoms. The molecule has 13 nitrogen and oxygen atoms in total. The van der Waals surface area contributed by atoms with Gasteiger partial charge in [-0.1, -0.05) is 0 Å². The molecule has 2 aliphatic heterocycles. The number of carbonyl (C=O) groups is 2. The van der Waals surface area contributed by atoms with Crippen molar-refractivity contribution in [2.45, 2.75) is 71.1 Å². The molecule has 2 fully saturated rings. The molecule has 1 aromatic carbocycles. The standard InChI is InChI=1S/C31H38F3N7O6/c1-6-44-27(42)26-38-29(47-39-26)40-9-7-18(8-10-40)17(2)45-19-13-35-28(36-14-19)41-15-21(20-11-23(33)24(34)12-22(20)32)25(16-41)37-30(43)46-31(3,4)5/h11-14,17-18,21,25H,6-10,15-16H2,1-5H3,(H,37,43). The highest BCUT2D eigenvalue weighted by molar-refractivity contribution is 5.85. The number of amides is 1. The predicted octanol–water partition coefficient (Wildman–Crippen LogP) is 4.63. The van der Waals surface area contributed by atoms with E-state index in [9.17, 15) is 22.8 Å². The average molecular weight is 662 g/mol. The van der Waals surface area contributed by atoms with Crippen molar-refractivity contribution in [3.63, 3.8) is 0 Å². The Bertz CT molecular complexity index is 1560. The molecule has 4 heterocycles. The number of aromatic nitrogens is 4. The number of benzene rings is 1. The summed E-state index contributed by atoms with van der Waals surface area (Å²) in [4.78, 5) is 41.1. The van der Waals surface area contributed by atoms with E-state index >= 15 is 0 Å². The lowest BCUT2D eigenvalue weighted by Gasteiger charge is -2.33. The molecule has 3 unspecified atom stereocenters. The van der Waals surface area contributed by atoms with E-state index in [-0.39, 0.29) is 49.1 Å². The first-order valence-electron chi connectivity index (χ1n) is 15.4. The van der Waals surface area contributed by atoms with Crippen LogP contribution in [-0.2, 0) is 9.47 Å².